The first-order valence-electron chi connectivity index (χ1n) is 9.61. The zero-order valence-corrected chi connectivity index (χ0v) is 15.7. The van der Waals surface area contributed by atoms with Gasteiger partial charge >= 0.3 is 5.97 Å². The highest BCUT2D eigenvalue weighted by Crippen LogP contribution is 2.31. The van der Waals surface area contributed by atoms with Crippen molar-refractivity contribution in [1.82, 2.24) is 4.57 Å². The van der Waals surface area contributed by atoms with Gasteiger partial charge < -0.3 is 14.6 Å². The molecule has 1 aliphatic carbocycles. The smallest absolute Gasteiger partial charge is 0.309 e. The van der Waals surface area contributed by atoms with Crippen molar-refractivity contribution in [2.75, 3.05) is 5.32 Å². The molecule has 0 saturated heterocycles. The van der Waals surface area contributed by atoms with E-state index in [1.54, 1.807) is 6.92 Å². The maximum atomic E-state index is 12.4. The fraction of sp³-hybridized carbons (Fsp3) is 0.364. The van der Waals surface area contributed by atoms with Crippen LogP contribution in [0.15, 0.2) is 42.5 Å². The summed E-state index contributed by atoms with van der Waals surface area (Å²) in [5.74, 6) is -0.594. The summed E-state index contributed by atoms with van der Waals surface area (Å²) in [5, 5.41) is 5.14. The van der Waals surface area contributed by atoms with Gasteiger partial charge in [-0.1, -0.05) is 24.6 Å². The van der Waals surface area contributed by atoms with Crippen LogP contribution in [0.1, 0.15) is 33.1 Å². The minimum absolute atomic E-state index is 0.0308. The molecule has 1 fully saturated rings. The molecule has 0 aliphatic heterocycles. The van der Waals surface area contributed by atoms with Crippen molar-refractivity contribution in [1.29, 1.82) is 0 Å². The largest absolute Gasteiger partial charge is 0.452 e. The molecule has 2 aromatic carbocycles. The normalized spacial score (nSPS) is 15.5. The van der Waals surface area contributed by atoms with E-state index in [2.05, 4.69) is 28.9 Å². The molecule has 0 unspecified atom stereocenters. The Hall–Kier alpha value is -2.82. The van der Waals surface area contributed by atoms with Gasteiger partial charge in [-0.25, -0.2) is 0 Å². The second-order valence-electron chi connectivity index (χ2n) is 7.19. The van der Waals surface area contributed by atoms with Crippen LogP contribution in [0.4, 0.5) is 5.69 Å². The number of anilines is 1. The summed E-state index contributed by atoms with van der Waals surface area (Å²) in [6.45, 7) is 4.62. The van der Waals surface area contributed by atoms with Crippen LogP contribution in [-0.4, -0.2) is 22.5 Å². The lowest BCUT2D eigenvalue weighted by Crippen LogP contribution is -2.34. The lowest BCUT2D eigenvalue weighted by Gasteiger charge is -2.24. The molecule has 1 amide bonds. The van der Waals surface area contributed by atoms with Crippen LogP contribution >= 0.6 is 0 Å². The van der Waals surface area contributed by atoms with Gasteiger partial charge in [-0.2, -0.15) is 0 Å². The first-order chi connectivity index (χ1) is 13.1. The average molecular weight is 364 g/mol. The number of nitrogens with zero attached hydrogens (tertiary/aromatic N) is 1. The molecule has 5 nitrogen and oxygen atoms in total. The highest BCUT2D eigenvalue weighted by Gasteiger charge is 2.29. The number of amides is 1. The number of para-hydroxylation sites is 1. The van der Waals surface area contributed by atoms with Crippen molar-refractivity contribution in [2.24, 2.45) is 5.92 Å². The van der Waals surface area contributed by atoms with Crippen molar-refractivity contribution in [3.63, 3.8) is 0 Å². The molecule has 27 heavy (non-hydrogen) atoms. The molecular weight excluding hydrogens is 340 g/mol. The number of carbonyl (C=O) groups is 2. The summed E-state index contributed by atoms with van der Waals surface area (Å²) in [7, 11) is 0. The molecule has 0 radical (unpaired) electrons. The van der Waals surface area contributed by atoms with Gasteiger partial charge in [0.25, 0.3) is 5.91 Å². The van der Waals surface area contributed by atoms with E-state index in [4.69, 9.17) is 4.74 Å². The molecule has 3 aromatic rings. The van der Waals surface area contributed by atoms with Crippen LogP contribution in [0.25, 0.3) is 21.8 Å². The van der Waals surface area contributed by atoms with Gasteiger partial charge in [0.05, 0.1) is 5.92 Å². The number of esters is 1. The van der Waals surface area contributed by atoms with Crippen LogP contribution in [0.2, 0.25) is 0 Å². The van der Waals surface area contributed by atoms with Gasteiger partial charge in [0.2, 0.25) is 0 Å². The Morgan fingerprint density at radius 3 is 2.59 bits per heavy atom. The molecule has 1 atom stereocenters. The van der Waals surface area contributed by atoms with Gasteiger partial charge in [0.1, 0.15) is 0 Å². The highest BCUT2D eigenvalue weighted by molar-refractivity contribution is 6.10. The second kappa shape index (κ2) is 7.06. The second-order valence-corrected chi connectivity index (χ2v) is 7.19. The Morgan fingerprint density at radius 1 is 1.15 bits per heavy atom. The number of ether oxygens (including phenoxy) is 1. The summed E-state index contributed by atoms with van der Waals surface area (Å²) in [4.78, 5) is 24.4. The van der Waals surface area contributed by atoms with E-state index in [-0.39, 0.29) is 17.8 Å². The van der Waals surface area contributed by atoms with E-state index in [9.17, 15) is 9.59 Å². The van der Waals surface area contributed by atoms with Crippen LogP contribution in [-0.2, 0) is 20.9 Å². The number of rotatable bonds is 5. The Morgan fingerprint density at radius 2 is 1.89 bits per heavy atom. The summed E-state index contributed by atoms with van der Waals surface area (Å²) in [5.41, 5.74) is 3.03. The number of hydrogen-bond donors (Lipinski definition) is 1. The predicted molar refractivity (Wildman–Crippen MR) is 107 cm³/mol. The third-order valence-electron chi connectivity index (χ3n) is 5.46. The molecule has 1 heterocycles. The van der Waals surface area contributed by atoms with E-state index in [1.165, 1.54) is 5.52 Å². The topological polar surface area (TPSA) is 60.3 Å². The zero-order valence-electron chi connectivity index (χ0n) is 15.7. The van der Waals surface area contributed by atoms with E-state index < -0.39 is 6.10 Å². The maximum Gasteiger partial charge on any atom is 0.309 e. The fourth-order valence-corrected chi connectivity index (χ4v) is 3.68. The molecule has 4 rings (SSSR count). The molecule has 0 bridgehead atoms. The predicted octanol–water partition coefficient (Wildman–Crippen LogP) is 4.48. The Balaban J connectivity index is 1.56. The molecule has 1 N–H and O–H groups in total. The first-order valence-corrected chi connectivity index (χ1v) is 9.61. The summed E-state index contributed by atoms with van der Waals surface area (Å²) in [6.07, 6.45) is 1.99. The number of fused-ring (bicyclic) bond motifs is 3. The lowest BCUT2D eigenvalue weighted by atomic mass is 9.86. The van der Waals surface area contributed by atoms with Gasteiger partial charge in [0.15, 0.2) is 6.10 Å². The van der Waals surface area contributed by atoms with Gasteiger partial charge in [-0.3, -0.25) is 9.59 Å². The molecule has 0 spiro atoms. The third-order valence-corrected chi connectivity index (χ3v) is 5.46. The van der Waals surface area contributed by atoms with E-state index in [0.717, 1.165) is 42.1 Å². The molecule has 1 saturated carbocycles. The number of nitrogens with one attached hydrogen (secondary N) is 1. The van der Waals surface area contributed by atoms with Crippen LogP contribution in [0.3, 0.4) is 0 Å². The highest BCUT2D eigenvalue weighted by atomic mass is 16.5. The quantitative estimate of drug-likeness (QED) is 0.679. The average Bonchev–Trinajstić information content (AvgIpc) is 2.93. The van der Waals surface area contributed by atoms with Gasteiger partial charge in [-0.15, -0.1) is 0 Å². The maximum absolute atomic E-state index is 12.4. The monoisotopic (exact) mass is 364 g/mol. The minimum atomic E-state index is -0.800. The van der Waals surface area contributed by atoms with Gasteiger partial charge in [0, 0.05) is 34.0 Å². The summed E-state index contributed by atoms with van der Waals surface area (Å²) >= 11 is 0. The number of benzene rings is 2. The van der Waals surface area contributed by atoms with Crippen LogP contribution in [0, 0.1) is 5.92 Å². The Labute approximate surface area is 158 Å². The third kappa shape index (κ3) is 3.18. The van der Waals surface area contributed by atoms with E-state index in [0.29, 0.717) is 5.69 Å². The van der Waals surface area contributed by atoms with E-state index >= 15 is 0 Å². The van der Waals surface area contributed by atoms with Crippen molar-refractivity contribution in [2.45, 2.75) is 45.8 Å². The Bertz CT molecular complexity index is 1020. The standard InChI is InChI=1S/C22H24N2O3/c1-3-24-19-10-5-4-9-17(19)18-13-16(11-12-20(18)24)23-21(25)14(2)27-22(26)15-7-6-8-15/h4-5,9-15H,3,6-8H2,1-2H3,(H,23,25)/t14-/m0/s1. The van der Waals surface area contributed by atoms with Crippen molar-refractivity contribution in [3.05, 3.63) is 42.5 Å². The molecule has 1 aromatic heterocycles. The molecule has 140 valence electrons. The van der Waals surface area contributed by atoms with Crippen molar-refractivity contribution in [3.8, 4) is 0 Å². The Kier molecular flexibility index (Phi) is 4.60. The fourth-order valence-electron chi connectivity index (χ4n) is 3.68. The minimum Gasteiger partial charge on any atom is -0.452 e. The number of aromatic nitrogens is 1. The zero-order chi connectivity index (χ0) is 19.0. The molecule has 1 aliphatic rings. The molecular formula is C22H24N2O3. The molecule has 5 heteroatoms. The summed E-state index contributed by atoms with van der Waals surface area (Å²) < 4.78 is 7.58. The van der Waals surface area contributed by atoms with Crippen molar-refractivity contribution >= 4 is 39.4 Å². The van der Waals surface area contributed by atoms with E-state index in [1.807, 2.05) is 30.3 Å². The summed E-state index contributed by atoms with van der Waals surface area (Å²) in [6, 6.07) is 14.2. The number of aryl methyl sites for hydroxylation is 1. The van der Waals surface area contributed by atoms with Crippen molar-refractivity contribution < 1.29 is 14.3 Å². The number of hydrogen-bond acceptors (Lipinski definition) is 3. The lowest BCUT2D eigenvalue weighted by molar-refractivity contribution is -0.159. The van der Waals surface area contributed by atoms with Gasteiger partial charge in [-0.05, 0) is 51.0 Å². The number of carbonyl (C=O) groups excluding carboxylic acids is 2. The first kappa shape index (κ1) is 17.6. The van der Waals surface area contributed by atoms with Crippen LogP contribution in [0.5, 0.6) is 0 Å². The van der Waals surface area contributed by atoms with Crippen LogP contribution < -0.4 is 5.32 Å². The SMILES string of the molecule is CCn1c2ccccc2c2cc(NC(=O)[C@H](C)OC(=O)C3CCC3)ccc21.